The third kappa shape index (κ3) is 5.77. The van der Waals surface area contributed by atoms with Crippen molar-refractivity contribution >= 4 is 29.1 Å². The summed E-state index contributed by atoms with van der Waals surface area (Å²) < 4.78 is 67.1. The van der Waals surface area contributed by atoms with Crippen LogP contribution in [0.25, 0.3) is 0 Å². The number of carbonyl (C=O) groups is 3. The number of halogens is 5. The highest BCUT2D eigenvalue weighted by molar-refractivity contribution is 7.12. The van der Waals surface area contributed by atoms with E-state index in [4.69, 9.17) is 0 Å². The van der Waals surface area contributed by atoms with Crippen molar-refractivity contribution in [1.82, 2.24) is 20.4 Å². The molecule has 1 aromatic heterocycles. The molecule has 2 aromatic rings. The maximum Gasteiger partial charge on any atom is 0.419 e. The fraction of sp³-hybridized carbons (Fsp3) is 0.458. The summed E-state index contributed by atoms with van der Waals surface area (Å²) in [5, 5.41) is 7.42. The minimum atomic E-state index is -5.21. The molecule has 2 fully saturated rings. The number of amides is 3. The van der Waals surface area contributed by atoms with Gasteiger partial charge in [0.2, 0.25) is 5.91 Å². The molecule has 0 saturated carbocycles. The zero-order valence-corrected chi connectivity index (χ0v) is 20.5. The van der Waals surface area contributed by atoms with E-state index in [-0.39, 0.29) is 37.9 Å². The zero-order valence-electron chi connectivity index (χ0n) is 19.7. The van der Waals surface area contributed by atoms with Crippen LogP contribution in [-0.2, 0) is 11.0 Å². The van der Waals surface area contributed by atoms with Gasteiger partial charge in [-0.25, -0.2) is 8.78 Å². The summed E-state index contributed by atoms with van der Waals surface area (Å²) in [6.45, 7) is 1.97. The van der Waals surface area contributed by atoms with Gasteiger partial charge in [-0.2, -0.15) is 13.2 Å². The van der Waals surface area contributed by atoms with Crippen molar-refractivity contribution in [2.45, 2.75) is 31.0 Å². The molecule has 0 spiro atoms. The van der Waals surface area contributed by atoms with E-state index in [1.54, 1.807) is 27.3 Å². The Kier molecular flexibility index (Phi) is 7.83. The molecule has 3 amide bonds. The maximum atomic E-state index is 13.9. The van der Waals surface area contributed by atoms with Crippen molar-refractivity contribution in [2.24, 2.45) is 0 Å². The van der Waals surface area contributed by atoms with Gasteiger partial charge in [-0.05, 0) is 55.9 Å². The molecule has 2 saturated heterocycles. The van der Waals surface area contributed by atoms with Crippen LogP contribution in [-0.4, -0.2) is 72.3 Å². The lowest BCUT2D eigenvalue weighted by Crippen LogP contribution is -2.63. The lowest BCUT2D eigenvalue weighted by atomic mass is 9.86. The van der Waals surface area contributed by atoms with E-state index in [0.717, 1.165) is 0 Å². The van der Waals surface area contributed by atoms with Gasteiger partial charge in [-0.1, -0.05) is 6.07 Å². The predicted molar refractivity (Wildman–Crippen MR) is 125 cm³/mol. The van der Waals surface area contributed by atoms with E-state index in [0.29, 0.717) is 43.5 Å². The molecular formula is C24H25F5N4O3S. The van der Waals surface area contributed by atoms with Crippen LogP contribution in [0.3, 0.4) is 0 Å². The molecule has 0 bridgehead atoms. The fourth-order valence-electron chi connectivity index (χ4n) is 4.64. The quantitative estimate of drug-likeness (QED) is 0.580. The number of nitrogens with zero attached hydrogens (tertiary/aromatic N) is 2. The Hall–Kier alpha value is -3.06. The molecule has 200 valence electrons. The Labute approximate surface area is 213 Å². The van der Waals surface area contributed by atoms with Crippen LogP contribution in [0.2, 0.25) is 0 Å². The standard InChI is InChI=1S/C24H25F5N4O3S/c25-17-14-15(13-16(19(17)26)24(27,28)29)20(34)31-23(4-6-30-7-5-23)22(36)33-9-2-8-32(10-11-33)21(35)18-3-1-12-37-18/h1,3,12-14,30H,2,4-11H2,(H,31,34). The van der Waals surface area contributed by atoms with Crippen molar-refractivity contribution < 1.29 is 36.3 Å². The molecular weight excluding hydrogens is 519 g/mol. The molecule has 0 atom stereocenters. The minimum Gasteiger partial charge on any atom is -0.339 e. The Bertz CT molecular complexity index is 1170. The largest absolute Gasteiger partial charge is 0.419 e. The van der Waals surface area contributed by atoms with E-state index in [2.05, 4.69) is 10.6 Å². The Balaban J connectivity index is 1.53. The SMILES string of the molecule is O=C(NC1(C(=O)N2CCCN(C(=O)c3cccs3)CC2)CCNCC1)c1cc(F)c(F)c(C(F)(F)F)c1. The first-order chi connectivity index (χ1) is 17.5. The number of carbonyl (C=O) groups excluding carboxylic acids is 3. The second kappa shape index (κ2) is 10.7. The summed E-state index contributed by atoms with van der Waals surface area (Å²) in [6.07, 6.45) is -4.39. The monoisotopic (exact) mass is 544 g/mol. The molecule has 13 heteroatoms. The highest BCUT2D eigenvalue weighted by Gasteiger charge is 2.44. The van der Waals surface area contributed by atoms with E-state index in [9.17, 15) is 36.3 Å². The molecule has 3 heterocycles. The van der Waals surface area contributed by atoms with Crippen LogP contribution in [0, 0.1) is 11.6 Å². The van der Waals surface area contributed by atoms with Gasteiger partial charge in [0.05, 0.1) is 10.4 Å². The number of piperidine rings is 1. The molecule has 7 nitrogen and oxygen atoms in total. The summed E-state index contributed by atoms with van der Waals surface area (Å²) in [7, 11) is 0. The maximum absolute atomic E-state index is 13.9. The van der Waals surface area contributed by atoms with E-state index < -0.39 is 46.3 Å². The van der Waals surface area contributed by atoms with Crippen LogP contribution in [0.5, 0.6) is 0 Å². The number of hydrogen-bond donors (Lipinski definition) is 2. The normalized spacial score (nSPS) is 18.3. The molecule has 4 rings (SSSR count). The summed E-state index contributed by atoms with van der Waals surface area (Å²) in [4.78, 5) is 43.2. The highest BCUT2D eigenvalue weighted by atomic mass is 32.1. The summed E-state index contributed by atoms with van der Waals surface area (Å²) >= 11 is 1.32. The van der Waals surface area contributed by atoms with Gasteiger partial charge in [0.15, 0.2) is 11.6 Å². The third-order valence-electron chi connectivity index (χ3n) is 6.62. The lowest BCUT2D eigenvalue weighted by Gasteiger charge is -2.40. The zero-order chi connectivity index (χ0) is 26.8. The van der Waals surface area contributed by atoms with Crippen LogP contribution < -0.4 is 10.6 Å². The third-order valence-corrected chi connectivity index (χ3v) is 7.48. The van der Waals surface area contributed by atoms with Crippen molar-refractivity contribution in [3.8, 4) is 0 Å². The van der Waals surface area contributed by atoms with Gasteiger partial charge in [0.25, 0.3) is 11.8 Å². The smallest absolute Gasteiger partial charge is 0.339 e. The summed E-state index contributed by atoms with van der Waals surface area (Å²) in [5.41, 5.74) is -4.08. The number of nitrogens with one attached hydrogen (secondary N) is 2. The molecule has 2 N–H and O–H groups in total. The second-order valence-corrected chi connectivity index (χ2v) is 9.97. The van der Waals surface area contributed by atoms with Gasteiger partial charge in [0, 0.05) is 31.7 Å². The Morgan fingerprint density at radius 3 is 2.32 bits per heavy atom. The van der Waals surface area contributed by atoms with E-state index >= 15 is 0 Å². The lowest BCUT2D eigenvalue weighted by molar-refractivity contribution is -0.140. The second-order valence-electron chi connectivity index (χ2n) is 9.02. The van der Waals surface area contributed by atoms with Crippen LogP contribution in [0.15, 0.2) is 29.6 Å². The van der Waals surface area contributed by atoms with Gasteiger partial charge < -0.3 is 20.4 Å². The van der Waals surface area contributed by atoms with Gasteiger partial charge in [0.1, 0.15) is 5.54 Å². The molecule has 2 aliphatic heterocycles. The number of alkyl halides is 3. The van der Waals surface area contributed by atoms with Crippen molar-refractivity contribution in [3.63, 3.8) is 0 Å². The molecule has 0 radical (unpaired) electrons. The fourth-order valence-corrected chi connectivity index (χ4v) is 5.33. The number of thiophene rings is 1. The Morgan fingerprint density at radius 2 is 1.68 bits per heavy atom. The predicted octanol–water partition coefficient (Wildman–Crippen LogP) is 3.27. The summed E-state index contributed by atoms with van der Waals surface area (Å²) in [5.74, 6) is -5.57. The minimum absolute atomic E-state index is 0.131. The Morgan fingerprint density at radius 1 is 1.00 bits per heavy atom. The highest BCUT2D eigenvalue weighted by Crippen LogP contribution is 2.33. The number of rotatable bonds is 4. The molecule has 0 unspecified atom stereocenters. The van der Waals surface area contributed by atoms with Crippen LogP contribution >= 0.6 is 11.3 Å². The number of hydrogen-bond acceptors (Lipinski definition) is 5. The molecule has 37 heavy (non-hydrogen) atoms. The van der Waals surface area contributed by atoms with Crippen LogP contribution in [0.1, 0.15) is 44.9 Å². The molecule has 1 aromatic carbocycles. The molecule has 2 aliphatic rings. The van der Waals surface area contributed by atoms with Gasteiger partial charge in [-0.3, -0.25) is 14.4 Å². The van der Waals surface area contributed by atoms with Crippen molar-refractivity contribution in [3.05, 3.63) is 57.3 Å². The topological polar surface area (TPSA) is 81.8 Å². The van der Waals surface area contributed by atoms with E-state index in [1.807, 2.05) is 0 Å². The first-order valence-electron chi connectivity index (χ1n) is 11.7. The molecule has 0 aliphatic carbocycles. The van der Waals surface area contributed by atoms with Gasteiger partial charge in [-0.15, -0.1) is 11.3 Å². The summed E-state index contributed by atoms with van der Waals surface area (Å²) in [6, 6.07) is 4.13. The van der Waals surface area contributed by atoms with E-state index in [1.165, 1.54) is 11.3 Å². The van der Waals surface area contributed by atoms with Crippen molar-refractivity contribution in [2.75, 3.05) is 39.3 Å². The van der Waals surface area contributed by atoms with Crippen LogP contribution in [0.4, 0.5) is 22.0 Å². The average molecular weight is 545 g/mol. The van der Waals surface area contributed by atoms with Gasteiger partial charge >= 0.3 is 6.18 Å². The number of benzene rings is 1. The first kappa shape index (κ1) is 27.0. The first-order valence-corrected chi connectivity index (χ1v) is 12.6. The average Bonchev–Trinajstić information content (AvgIpc) is 3.29. The van der Waals surface area contributed by atoms with Crippen molar-refractivity contribution in [1.29, 1.82) is 0 Å².